The molecule has 0 radical (unpaired) electrons. The number of hydrogen-bond acceptors (Lipinski definition) is 1. The Morgan fingerprint density at radius 3 is 2.56 bits per heavy atom. The fraction of sp³-hybridized carbons (Fsp3) is 1.00. The van der Waals surface area contributed by atoms with Gasteiger partial charge in [-0.05, 0) is 60.9 Å². The van der Waals surface area contributed by atoms with Crippen molar-refractivity contribution < 1.29 is 0 Å². The van der Waals surface area contributed by atoms with Crippen LogP contribution in [-0.4, -0.2) is 13.1 Å². The number of nitrogens with one attached hydrogen (secondary N) is 1. The molecule has 0 aliphatic heterocycles. The van der Waals surface area contributed by atoms with Gasteiger partial charge in [-0.2, -0.15) is 0 Å². The molecule has 0 amide bonds. The molecule has 94 valence electrons. The molecule has 0 spiro atoms. The molecule has 2 saturated carbocycles. The average Bonchev–Trinajstić information content (AvgIpc) is 2.92. The van der Waals surface area contributed by atoms with Gasteiger partial charge < -0.3 is 5.32 Å². The van der Waals surface area contributed by atoms with E-state index in [-0.39, 0.29) is 0 Å². The van der Waals surface area contributed by atoms with Crippen molar-refractivity contribution in [1.29, 1.82) is 0 Å². The number of fused-ring (bicyclic) bond motifs is 1. The topological polar surface area (TPSA) is 12.0 Å². The van der Waals surface area contributed by atoms with E-state index < -0.39 is 0 Å². The summed E-state index contributed by atoms with van der Waals surface area (Å²) in [5, 5.41) is 3.53. The molecular formula is C15H29N. The summed E-state index contributed by atoms with van der Waals surface area (Å²) < 4.78 is 0. The van der Waals surface area contributed by atoms with Crippen LogP contribution >= 0.6 is 0 Å². The predicted molar refractivity (Wildman–Crippen MR) is 70.4 cm³/mol. The Morgan fingerprint density at radius 1 is 1.31 bits per heavy atom. The molecule has 1 nitrogen and oxygen atoms in total. The second-order valence-corrected chi connectivity index (χ2v) is 7.33. The zero-order valence-corrected chi connectivity index (χ0v) is 11.8. The van der Waals surface area contributed by atoms with Crippen molar-refractivity contribution in [1.82, 2.24) is 5.32 Å². The Labute approximate surface area is 101 Å². The second kappa shape index (κ2) is 4.01. The van der Waals surface area contributed by atoms with Gasteiger partial charge in [0.25, 0.3) is 0 Å². The molecule has 1 heteroatoms. The van der Waals surface area contributed by atoms with Crippen molar-refractivity contribution in [2.24, 2.45) is 28.6 Å². The molecule has 4 atom stereocenters. The highest BCUT2D eigenvalue weighted by Gasteiger charge is 2.56. The molecule has 0 aromatic heterocycles. The van der Waals surface area contributed by atoms with Gasteiger partial charge in [-0.15, -0.1) is 0 Å². The normalized spacial score (nSPS) is 42.6. The zero-order valence-electron chi connectivity index (χ0n) is 11.8. The summed E-state index contributed by atoms with van der Waals surface area (Å²) in [6.45, 7) is 14.5. The van der Waals surface area contributed by atoms with Gasteiger partial charge in [-0.25, -0.2) is 0 Å². The lowest BCUT2D eigenvalue weighted by molar-refractivity contribution is 0.0414. The number of hydrogen-bond donors (Lipinski definition) is 1. The molecule has 2 fully saturated rings. The first-order chi connectivity index (χ1) is 7.39. The van der Waals surface area contributed by atoms with Gasteiger partial charge in [0.2, 0.25) is 0 Å². The smallest absolute Gasteiger partial charge is 0.00181 e. The van der Waals surface area contributed by atoms with Crippen LogP contribution in [0.15, 0.2) is 0 Å². The lowest BCUT2D eigenvalue weighted by atomic mass is 9.60. The Hall–Kier alpha value is -0.0400. The van der Waals surface area contributed by atoms with Crippen LogP contribution in [0.3, 0.4) is 0 Å². The van der Waals surface area contributed by atoms with E-state index >= 15 is 0 Å². The quantitative estimate of drug-likeness (QED) is 0.766. The monoisotopic (exact) mass is 223 g/mol. The van der Waals surface area contributed by atoms with Gasteiger partial charge >= 0.3 is 0 Å². The van der Waals surface area contributed by atoms with Crippen LogP contribution in [-0.2, 0) is 0 Å². The summed E-state index contributed by atoms with van der Waals surface area (Å²) >= 11 is 0. The molecular weight excluding hydrogens is 194 g/mol. The molecule has 0 saturated heterocycles. The average molecular weight is 223 g/mol. The maximum atomic E-state index is 3.53. The van der Waals surface area contributed by atoms with Crippen molar-refractivity contribution in [3.8, 4) is 0 Å². The molecule has 0 heterocycles. The van der Waals surface area contributed by atoms with Gasteiger partial charge in [0.1, 0.15) is 0 Å². The number of rotatable bonds is 4. The highest BCUT2D eigenvalue weighted by molar-refractivity contribution is 5.06. The van der Waals surface area contributed by atoms with E-state index in [9.17, 15) is 0 Å². The van der Waals surface area contributed by atoms with Crippen molar-refractivity contribution in [3.63, 3.8) is 0 Å². The zero-order chi connectivity index (χ0) is 12.0. The Kier molecular flexibility index (Phi) is 3.11. The summed E-state index contributed by atoms with van der Waals surface area (Å²) in [6.07, 6.45) is 4.41. The summed E-state index contributed by atoms with van der Waals surface area (Å²) in [5.41, 5.74) is 1.17. The van der Waals surface area contributed by atoms with E-state index in [1.54, 1.807) is 0 Å². The first kappa shape index (κ1) is 12.4. The fourth-order valence-corrected chi connectivity index (χ4v) is 4.26. The Morgan fingerprint density at radius 2 is 2.00 bits per heavy atom. The molecule has 2 aliphatic carbocycles. The minimum absolute atomic E-state index is 0.573. The van der Waals surface area contributed by atoms with E-state index in [2.05, 4.69) is 39.9 Å². The van der Waals surface area contributed by atoms with E-state index in [1.807, 2.05) is 0 Å². The molecule has 0 bridgehead atoms. The van der Waals surface area contributed by atoms with Gasteiger partial charge in [0.05, 0.1) is 0 Å². The minimum atomic E-state index is 0.573. The van der Waals surface area contributed by atoms with Crippen LogP contribution < -0.4 is 5.32 Å². The van der Waals surface area contributed by atoms with Crippen LogP contribution in [0.25, 0.3) is 0 Å². The SMILES string of the molecule is CCNCC(C)C1(C)CC2CC2C(C)(C)C1. The third-order valence-corrected chi connectivity index (χ3v) is 5.40. The molecule has 2 aliphatic rings. The first-order valence-electron chi connectivity index (χ1n) is 7.10. The maximum Gasteiger partial charge on any atom is -0.00181 e. The largest absolute Gasteiger partial charge is 0.317 e. The summed E-state index contributed by atoms with van der Waals surface area (Å²) in [7, 11) is 0. The van der Waals surface area contributed by atoms with Crippen molar-refractivity contribution in [3.05, 3.63) is 0 Å². The maximum absolute atomic E-state index is 3.53. The lowest BCUT2D eigenvalue weighted by Gasteiger charge is -2.46. The summed E-state index contributed by atoms with van der Waals surface area (Å²) in [5.74, 6) is 2.91. The Bertz CT molecular complexity index is 258. The molecule has 0 aromatic rings. The molecule has 2 rings (SSSR count). The third-order valence-electron chi connectivity index (χ3n) is 5.40. The van der Waals surface area contributed by atoms with E-state index in [1.165, 1.54) is 25.8 Å². The van der Waals surface area contributed by atoms with Crippen LogP contribution in [0, 0.1) is 28.6 Å². The van der Waals surface area contributed by atoms with Crippen molar-refractivity contribution in [2.75, 3.05) is 13.1 Å². The third kappa shape index (κ3) is 2.16. The highest BCUT2D eigenvalue weighted by atomic mass is 14.9. The van der Waals surface area contributed by atoms with Crippen LogP contribution in [0.1, 0.15) is 53.9 Å². The van der Waals surface area contributed by atoms with E-state index in [4.69, 9.17) is 0 Å². The second-order valence-electron chi connectivity index (χ2n) is 7.33. The van der Waals surface area contributed by atoms with Crippen LogP contribution in [0.4, 0.5) is 0 Å². The predicted octanol–water partition coefficient (Wildman–Crippen LogP) is 3.69. The standard InChI is InChI=1S/C15H29N/c1-6-16-9-11(2)15(5)8-12-7-13(12)14(3,4)10-15/h11-13,16H,6-10H2,1-5H3. The lowest BCUT2D eigenvalue weighted by Crippen LogP contribution is -2.41. The van der Waals surface area contributed by atoms with Crippen LogP contribution in [0.5, 0.6) is 0 Å². The summed E-state index contributed by atoms with van der Waals surface area (Å²) in [6, 6.07) is 0. The van der Waals surface area contributed by atoms with Crippen LogP contribution in [0.2, 0.25) is 0 Å². The molecule has 16 heavy (non-hydrogen) atoms. The van der Waals surface area contributed by atoms with Gasteiger partial charge in [0.15, 0.2) is 0 Å². The molecule has 0 aromatic carbocycles. The van der Waals surface area contributed by atoms with Crippen molar-refractivity contribution in [2.45, 2.75) is 53.9 Å². The first-order valence-corrected chi connectivity index (χ1v) is 7.10. The summed E-state index contributed by atoms with van der Waals surface area (Å²) in [4.78, 5) is 0. The molecule has 1 N–H and O–H groups in total. The highest BCUT2D eigenvalue weighted by Crippen LogP contribution is 2.65. The molecule has 4 unspecified atom stereocenters. The fourth-order valence-electron chi connectivity index (χ4n) is 4.26. The minimum Gasteiger partial charge on any atom is -0.317 e. The van der Waals surface area contributed by atoms with Gasteiger partial charge in [-0.1, -0.05) is 34.6 Å². The van der Waals surface area contributed by atoms with Crippen molar-refractivity contribution >= 4 is 0 Å². The van der Waals surface area contributed by atoms with Gasteiger partial charge in [-0.3, -0.25) is 0 Å². The Balaban J connectivity index is 2.01. The van der Waals surface area contributed by atoms with Gasteiger partial charge in [0, 0.05) is 0 Å². The van der Waals surface area contributed by atoms with E-state index in [0.29, 0.717) is 10.8 Å². The van der Waals surface area contributed by atoms with E-state index in [0.717, 1.165) is 24.3 Å².